The number of nitrogens with zero attached hydrogens (tertiary/aromatic N) is 2. The first-order valence-corrected chi connectivity index (χ1v) is 4.45. The molecule has 1 aromatic heterocycles. The number of halogens is 1. The molecule has 1 heterocycles. The summed E-state index contributed by atoms with van der Waals surface area (Å²) < 4.78 is 0. The summed E-state index contributed by atoms with van der Waals surface area (Å²) >= 11 is 5.69. The van der Waals surface area contributed by atoms with Crippen molar-refractivity contribution >= 4 is 23.5 Å². The first kappa shape index (κ1) is 10.9. The number of aromatic nitrogens is 2. The summed E-state index contributed by atoms with van der Waals surface area (Å²) in [5.41, 5.74) is 0.713. The lowest BCUT2D eigenvalue weighted by atomic mass is 10.4. The van der Waals surface area contributed by atoms with E-state index in [1.54, 1.807) is 20.0 Å². The van der Waals surface area contributed by atoms with Crippen LogP contribution in [0.4, 0.5) is 5.95 Å². The van der Waals surface area contributed by atoms with Gasteiger partial charge in [0.05, 0.1) is 6.54 Å². The Labute approximate surface area is 86.9 Å². The minimum absolute atomic E-state index is 0.200. The van der Waals surface area contributed by atoms with Crippen molar-refractivity contribution in [3.05, 3.63) is 16.9 Å². The highest BCUT2D eigenvalue weighted by Gasteiger charge is 2.04. The average Bonchev–Trinajstić information content (AvgIpc) is 2.01. The molecule has 0 spiro atoms. The number of nitrogens with one attached hydrogen (secondary N) is 2. The molecule has 5 nitrogen and oxygen atoms in total. The van der Waals surface area contributed by atoms with Crippen molar-refractivity contribution in [2.45, 2.75) is 6.92 Å². The van der Waals surface area contributed by atoms with E-state index < -0.39 is 0 Å². The van der Waals surface area contributed by atoms with Crippen molar-refractivity contribution in [1.82, 2.24) is 15.3 Å². The van der Waals surface area contributed by atoms with Gasteiger partial charge in [-0.1, -0.05) is 11.6 Å². The van der Waals surface area contributed by atoms with Gasteiger partial charge in [0.2, 0.25) is 11.9 Å². The van der Waals surface area contributed by atoms with E-state index in [-0.39, 0.29) is 18.4 Å². The van der Waals surface area contributed by atoms with Gasteiger partial charge >= 0.3 is 0 Å². The van der Waals surface area contributed by atoms with Crippen molar-refractivity contribution in [3.8, 4) is 0 Å². The van der Waals surface area contributed by atoms with Gasteiger partial charge in [0.15, 0.2) is 0 Å². The quantitative estimate of drug-likeness (QED) is 0.723. The summed E-state index contributed by atoms with van der Waals surface area (Å²) in [5, 5.41) is 5.55. The van der Waals surface area contributed by atoms with Gasteiger partial charge in [0.1, 0.15) is 5.15 Å². The Kier molecular flexibility index (Phi) is 3.79. The van der Waals surface area contributed by atoms with Crippen LogP contribution in [0.25, 0.3) is 0 Å². The van der Waals surface area contributed by atoms with Crippen LogP contribution < -0.4 is 10.6 Å². The van der Waals surface area contributed by atoms with Crippen molar-refractivity contribution < 1.29 is 4.79 Å². The Morgan fingerprint density at radius 3 is 2.86 bits per heavy atom. The van der Waals surface area contributed by atoms with Gasteiger partial charge < -0.3 is 5.32 Å². The Morgan fingerprint density at radius 1 is 1.57 bits per heavy atom. The largest absolute Gasteiger partial charge is 0.311 e. The Balaban J connectivity index is 2.71. The number of likely N-dealkylation sites (N-methyl/N-ethyl adjacent to an activating group) is 1. The molecule has 0 radical (unpaired) electrons. The minimum Gasteiger partial charge on any atom is -0.311 e. The lowest BCUT2D eigenvalue weighted by molar-refractivity contribution is -0.115. The second kappa shape index (κ2) is 4.88. The molecule has 0 aliphatic carbocycles. The molecule has 2 N–H and O–H groups in total. The van der Waals surface area contributed by atoms with Crippen molar-refractivity contribution in [1.29, 1.82) is 0 Å². The van der Waals surface area contributed by atoms with Gasteiger partial charge in [-0.3, -0.25) is 10.1 Å². The monoisotopic (exact) mass is 214 g/mol. The first-order valence-electron chi connectivity index (χ1n) is 4.07. The van der Waals surface area contributed by atoms with Crippen LogP contribution in [-0.4, -0.2) is 29.5 Å². The molecule has 0 fully saturated rings. The molecule has 76 valence electrons. The number of carbonyl (C=O) groups excluding carboxylic acids is 1. The van der Waals surface area contributed by atoms with E-state index in [9.17, 15) is 4.79 Å². The summed E-state index contributed by atoms with van der Waals surface area (Å²) in [7, 11) is 1.68. The summed E-state index contributed by atoms with van der Waals surface area (Å²) in [6, 6.07) is 1.62. The fraction of sp³-hybridized carbons (Fsp3) is 0.375. The smallest absolute Gasteiger partial charge is 0.240 e. The molecule has 0 aromatic carbocycles. The number of hydrogen-bond donors (Lipinski definition) is 2. The topological polar surface area (TPSA) is 66.9 Å². The normalized spacial score (nSPS) is 9.93. The van der Waals surface area contributed by atoms with Crippen LogP contribution in [0.5, 0.6) is 0 Å². The van der Waals surface area contributed by atoms with Crippen molar-refractivity contribution in [2.24, 2.45) is 0 Å². The third kappa shape index (κ3) is 3.27. The van der Waals surface area contributed by atoms with Crippen LogP contribution in [0, 0.1) is 6.92 Å². The zero-order chi connectivity index (χ0) is 10.6. The number of amides is 1. The fourth-order valence-electron chi connectivity index (χ4n) is 0.915. The second-order valence-corrected chi connectivity index (χ2v) is 3.12. The molecular weight excluding hydrogens is 204 g/mol. The van der Waals surface area contributed by atoms with E-state index in [1.165, 1.54) is 0 Å². The highest BCUT2D eigenvalue weighted by atomic mass is 35.5. The predicted molar refractivity (Wildman–Crippen MR) is 54.3 cm³/mol. The average molecular weight is 215 g/mol. The fourth-order valence-corrected chi connectivity index (χ4v) is 1.15. The van der Waals surface area contributed by atoms with Crippen LogP contribution in [-0.2, 0) is 4.79 Å². The SMILES string of the molecule is CNCC(=O)Nc1nc(C)cc(Cl)n1. The summed E-state index contributed by atoms with van der Waals surface area (Å²) in [6.45, 7) is 2.00. The zero-order valence-electron chi connectivity index (χ0n) is 7.97. The van der Waals surface area contributed by atoms with Crippen LogP contribution in [0.1, 0.15) is 5.69 Å². The number of hydrogen-bond acceptors (Lipinski definition) is 4. The number of aryl methyl sites for hydroxylation is 1. The Bertz CT molecular complexity index is 322. The summed E-state index contributed by atoms with van der Waals surface area (Å²) in [4.78, 5) is 19.0. The lowest BCUT2D eigenvalue weighted by Crippen LogP contribution is -2.26. The van der Waals surface area contributed by atoms with E-state index in [2.05, 4.69) is 20.6 Å². The van der Waals surface area contributed by atoms with E-state index in [0.717, 1.165) is 0 Å². The Hall–Kier alpha value is -1.20. The maximum atomic E-state index is 11.1. The third-order valence-electron chi connectivity index (χ3n) is 1.41. The number of anilines is 1. The minimum atomic E-state index is -0.200. The molecule has 1 rings (SSSR count). The zero-order valence-corrected chi connectivity index (χ0v) is 8.72. The molecule has 6 heteroatoms. The van der Waals surface area contributed by atoms with Crippen LogP contribution in [0.3, 0.4) is 0 Å². The number of carbonyl (C=O) groups is 1. The first-order chi connectivity index (χ1) is 6.61. The molecule has 0 saturated heterocycles. The molecule has 0 aliphatic heterocycles. The standard InChI is InChI=1S/C8H11ClN4O/c1-5-3-6(9)12-8(11-5)13-7(14)4-10-2/h3,10H,4H2,1-2H3,(H,11,12,13,14). The van der Waals surface area contributed by atoms with Gasteiger partial charge in [0, 0.05) is 5.69 Å². The highest BCUT2D eigenvalue weighted by Crippen LogP contribution is 2.08. The third-order valence-corrected chi connectivity index (χ3v) is 1.61. The van der Waals surface area contributed by atoms with Crippen molar-refractivity contribution in [2.75, 3.05) is 18.9 Å². The molecule has 0 saturated carbocycles. The summed E-state index contributed by atoms with van der Waals surface area (Å²) in [5.74, 6) is 0.0319. The molecule has 0 aliphatic rings. The maximum absolute atomic E-state index is 11.1. The highest BCUT2D eigenvalue weighted by molar-refractivity contribution is 6.29. The van der Waals surface area contributed by atoms with Gasteiger partial charge in [-0.25, -0.2) is 9.97 Å². The van der Waals surface area contributed by atoms with Gasteiger partial charge in [-0.05, 0) is 20.0 Å². The van der Waals surface area contributed by atoms with Gasteiger partial charge in [-0.2, -0.15) is 0 Å². The molecule has 14 heavy (non-hydrogen) atoms. The van der Waals surface area contributed by atoms with E-state index >= 15 is 0 Å². The second-order valence-electron chi connectivity index (χ2n) is 2.73. The van der Waals surface area contributed by atoms with Crippen LogP contribution in [0.15, 0.2) is 6.07 Å². The van der Waals surface area contributed by atoms with Crippen LogP contribution in [0.2, 0.25) is 5.15 Å². The Morgan fingerprint density at radius 2 is 2.29 bits per heavy atom. The molecular formula is C8H11ClN4O. The van der Waals surface area contributed by atoms with E-state index in [4.69, 9.17) is 11.6 Å². The molecule has 1 aromatic rings. The van der Waals surface area contributed by atoms with Crippen molar-refractivity contribution in [3.63, 3.8) is 0 Å². The molecule has 0 atom stereocenters. The lowest BCUT2D eigenvalue weighted by Gasteiger charge is -2.03. The molecule has 0 bridgehead atoms. The van der Waals surface area contributed by atoms with E-state index in [0.29, 0.717) is 10.8 Å². The van der Waals surface area contributed by atoms with Gasteiger partial charge in [-0.15, -0.1) is 0 Å². The van der Waals surface area contributed by atoms with Crippen LogP contribution >= 0.6 is 11.6 Å². The maximum Gasteiger partial charge on any atom is 0.240 e. The predicted octanol–water partition coefficient (Wildman–Crippen LogP) is 0.596. The van der Waals surface area contributed by atoms with Gasteiger partial charge in [0.25, 0.3) is 0 Å². The summed E-state index contributed by atoms with van der Waals surface area (Å²) in [6.07, 6.45) is 0. The number of rotatable bonds is 3. The molecule has 1 amide bonds. The molecule has 0 unspecified atom stereocenters. The van der Waals surface area contributed by atoms with E-state index in [1.807, 2.05) is 0 Å².